The van der Waals surface area contributed by atoms with Crippen molar-refractivity contribution in [3.63, 3.8) is 0 Å². The highest BCUT2D eigenvalue weighted by Gasteiger charge is 2.15. The van der Waals surface area contributed by atoms with Crippen LogP contribution in [0.25, 0.3) is 11.3 Å². The summed E-state index contributed by atoms with van der Waals surface area (Å²) in [5.41, 5.74) is 1.19. The third kappa shape index (κ3) is 4.30. The Morgan fingerprint density at radius 2 is 2.11 bits per heavy atom. The molecule has 0 spiro atoms. The Kier molecular flexibility index (Phi) is 6.24. The quantitative estimate of drug-likeness (QED) is 0.479. The molecule has 6 nitrogen and oxygen atoms in total. The molecule has 8 heteroatoms. The Bertz CT molecular complexity index is 1110. The Morgan fingerprint density at radius 3 is 2.79 bits per heavy atom. The third-order valence-electron chi connectivity index (χ3n) is 3.95. The molecule has 0 fully saturated rings. The van der Waals surface area contributed by atoms with E-state index in [0.717, 1.165) is 5.56 Å². The van der Waals surface area contributed by atoms with Crippen LogP contribution in [0.1, 0.15) is 11.1 Å². The van der Waals surface area contributed by atoms with Crippen LogP contribution in [-0.4, -0.2) is 23.3 Å². The number of aromatic nitrogens is 2. The van der Waals surface area contributed by atoms with Gasteiger partial charge in [0.1, 0.15) is 29.7 Å². The Labute approximate surface area is 171 Å². The van der Waals surface area contributed by atoms with Gasteiger partial charge < -0.3 is 14.5 Å². The van der Waals surface area contributed by atoms with Gasteiger partial charge in [0.25, 0.3) is 5.56 Å². The van der Waals surface area contributed by atoms with Crippen LogP contribution in [0.2, 0.25) is 5.02 Å². The molecule has 1 heterocycles. The normalized spacial score (nSPS) is 10.4. The van der Waals surface area contributed by atoms with Crippen LogP contribution in [0.4, 0.5) is 0 Å². The van der Waals surface area contributed by atoms with Crippen molar-refractivity contribution in [3.05, 3.63) is 69.0 Å². The van der Waals surface area contributed by atoms with Crippen LogP contribution in [0.5, 0.6) is 11.5 Å². The molecule has 0 aliphatic rings. The van der Waals surface area contributed by atoms with Crippen LogP contribution in [0.15, 0.2) is 52.4 Å². The van der Waals surface area contributed by atoms with Gasteiger partial charge in [-0.3, -0.25) is 4.79 Å². The van der Waals surface area contributed by atoms with E-state index in [2.05, 4.69) is 9.97 Å². The fourth-order valence-electron chi connectivity index (χ4n) is 2.62. The lowest BCUT2D eigenvalue weighted by atomic mass is 10.0. The molecule has 0 saturated heterocycles. The van der Waals surface area contributed by atoms with Gasteiger partial charge in [-0.05, 0) is 42.7 Å². The third-order valence-corrected chi connectivity index (χ3v) is 4.76. The number of benzene rings is 2. The first-order valence-electron chi connectivity index (χ1n) is 8.19. The molecule has 0 atom stereocenters. The smallest absolute Gasteiger partial charge is 0.270 e. The zero-order valence-electron chi connectivity index (χ0n) is 15.2. The zero-order chi connectivity index (χ0) is 20.1. The summed E-state index contributed by atoms with van der Waals surface area (Å²) in [4.78, 5) is 19.2. The summed E-state index contributed by atoms with van der Waals surface area (Å²) in [5, 5.41) is 10.4. The molecule has 0 radical (unpaired) electrons. The summed E-state index contributed by atoms with van der Waals surface area (Å²) in [7, 11) is 1.57. The summed E-state index contributed by atoms with van der Waals surface area (Å²) in [6.45, 7) is 0.220. The molecule has 0 aliphatic carbocycles. The van der Waals surface area contributed by atoms with E-state index in [4.69, 9.17) is 21.1 Å². The molecule has 1 N–H and O–H groups in total. The molecule has 0 aliphatic heterocycles. The lowest BCUT2D eigenvalue weighted by Gasteiger charge is -2.13. The summed E-state index contributed by atoms with van der Waals surface area (Å²) in [5.74, 6) is 1.25. The van der Waals surface area contributed by atoms with Gasteiger partial charge in [-0.2, -0.15) is 5.26 Å². The predicted molar refractivity (Wildman–Crippen MR) is 109 cm³/mol. The van der Waals surface area contributed by atoms with Crippen LogP contribution >= 0.6 is 23.4 Å². The minimum atomic E-state index is -0.468. The molecule has 0 unspecified atom stereocenters. The van der Waals surface area contributed by atoms with Gasteiger partial charge in [0.15, 0.2) is 5.16 Å². The molecule has 28 heavy (non-hydrogen) atoms. The highest BCUT2D eigenvalue weighted by molar-refractivity contribution is 7.98. The van der Waals surface area contributed by atoms with Crippen molar-refractivity contribution in [2.45, 2.75) is 11.8 Å². The first kappa shape index (κ1) is 19.8. The number of aromatic amines is 1. The molecule has 3 aromatic rings. The largest absolute Gasteiger partial charge is 0.496 e. The van der Waals surface area contributed by atoms with Gasteiger partial charge in [-0.1, -0.05) is 29.4 Å². The molecule has 0 saturated carbocycles. The number of hydrogen-bond donors (Lipinski definition) is 1. The number of nitrogens with zero attached hydrogens (tertiary/aromatic N) is 2. The van der Waals surface area contributed by atoms with Gasteiger partial charge in [0.05, 0.1) is 12.8 Å². The van der Waals surface area contributed by atoms with Crippen LogP contribution in [0.3, 0.4) is 0 Å². The standard InChI is InChI=1S/C20H16ClN3O3S/c1-26-17-7-6-12(18-16(10-22)19(25)24-20(23-18)28-2)8-13(17)11-27-15-5-3-4-14(21)9-15/h3-9H,11H2,1-2H3,(H,23,24,25). The summed E-state index contributed by atoms with van der Waals surface area (Å²) in [6.07, 6.45) is 1.80. The highest BCUT2D eigenvalue weighted by atomic mass is 35.5. The fourth-order valence-corrected chi connectivity index (χ4v) is 3.18. The first-order valence-corrected chi connectivity index (χ1v) is 9.80. The molecule has 142 valence electrons. The summed E-state index contributed by atoms with van der Waals surface area (Å²) in [6, 6.07) is 14.3. The maximum Gasteiger partial charge on any atom is 0.270 e. The van der Waals surface area contributed by atoms with E-state index in [1.807, 2.05) is 6.07 Å². The number of ether oxygens (including phenoxy) is 2. The topological polar surface area (TPSA) is 88.0 Å². The minimum absolute atomic E-state index is 0.0373. The van der Waals surface area contributed by atoms with Crippen molar-refractivity contribution < 1.29 is 9.47 Å². The van der Waals surface area contributed by atoms with Crippen molar-refractivity contribution in [2.75, 3.05) is 13.4 Å². The number of rotatable bonds is 6. The molecule has 3 rings (SSSR count). The number of H-pyrrole nitrogens is 1. The highest BCUT2D eigenvalue weighted by Crippen LogP contribution is 2.29. The predicted octanol–water partition coefficient (Wildman–Crippen LogP) is 4.27. The average molecular weight is 414 g/mol. The van der Waals surface area contributed by atoms with Crippen molar-refractivity contribution in [1.82, 2.24) is 9.97 Å². The van der Waals surface area contributed by atoms with E-state index >= 15 is 0 Å². The maximum atomic E-state index is 12.2. The van der Waals surface area contributed by atoms with E-state index in [0.29, 0.717) is 32.9 Å². The van der Waals surface area contributed by atoms with Gasteiger partial charge in [0.2, 0.25) is 0 Å². The monoisotopic (exact) mass is 413 g/mol. The number of thioether (sulfide) groups is 1. The number of hydrogen-bond acceptors (Lipinski definition) is 6. The number of nitrogens with one attached hydrogen (secondary N) is 1. The van der Waals surface area contributed by atoms with E-state index in [1.54, 1.807) is 55.8 Å². The van der Waals surface area contributed by atoms with Crippen molar-refractivity contribution in [3.8, 4) is 28.8 Å². The van der Waals surface area contributed by atoms with Gasteiger partial charge in [-0.25, -0.2) is 4.98 Å². The molecular formula is C20H16ClN3O3S. The first-order chi connectivity index (χ1) is 13.5. The van der Waals surface area contributed by atoms with E-state index in [-0.39, 0.29) is 12.2 Å². The minimum Gasteiger partial charge on any atom is -0.496 e. The maximum absolute atomic E-state index is 12.2. The summed E-state index contributed by atoms with van der Waals surface area (Å²) >= 11 is 7.28. The lowest BCUT2D eigenvalue weighted by Crippen LogP contribution is -2.14. The van der Waals surface area contributed by atoms with Gasteiger partial charge in [-0.15, -0.1) is 0 Å². The van der Waals surface area contributed by atoms with Gasteiger partial charge in [0, 0.05) is 16.1 Å². The van der Waals surface area contributed by atoms with E-state index < -0.39 is 5.56 Å². The van der Waals surface area contributed by atoms with Crippen LogP contribution in [-0.2, 0) is 6.61 Å². The molecule has 1 aromatic heterocycles. The second-order valence-electron chi connectivity index (χ2n) is 5.68. The fraction of sp³-hybridized carbons (Fsp3) is 0.150. The lowest BCUT2D eigenvalue weighted by molar-refractivity contribution is 0.297. The van der Waals surface area contributed by atoms with E-state index in [9.17, 15) is 10.1 Å². The summed E-state index contributed by atoms with van der Waals surface area (Å²) < 4.78 is 11.2. The average Bonchev–Trinajstić information content (AvgIpc) is 2.71. The van der Waals surface area contributed by atoms with E-state index in [1.165, 1.54) is 11.8 Å². The van der Waals surface area contributed by atoms with Crippen molar-refractivity contribution >= 4 is 23.4 Å². The Hall–Kier alpha value is -2.95. The van der Waals surface area contributed by atoms with Crippen molar-refractivity contribution in [1.29, 1.82) is 5.26 Å². The number of nitriles is 1. The van der Waals surface area contributed by atoms with Crippen molar-refractivity contribution in [2.24, 2.45) is 0 Å². The molecule has 0 amide bonds. The zero-order valence-corrected chi connectivity index (χ0v) is 16.7. The SMILES string of the molecule is COc1ccc(-c2nc(SC)[nH]c(=O)c2C#N)cc1COc1cccc(Cl)c1. The molecule has 2 aromatic carbocycles. The number of halogens is 1. The second-order valence-corrected chi connectivity index (χ2v) is 6.91. The second kappa shape index (κ2) is 8.83. The van der Waals surface area contributed by atoms with Crippen LogP contribution < -0.4 is 15.0 Å². The molecule has 0 bridgehead atoms. The van der Waals surface area contributed by atoms with Crippen LogP contribution in [0, 0.1) is 11.3 Å². The van der Waals surface area contributed by atoms with Gasteiger partial charge >= 0.3 is 0 Å². The molecular weight excluding hydrogens is 398 g/mol. The Balaban J connectivity index is 2.01. The number of methoxy groups -OCH3 is 1. The Morgan fingerprint density at radius 1 is 1.29 bits per heavy atom.